The first-order valence-corrected chi connectivity index (χ1v) is 5.78. The highest BCUT2D eigenvalue weighted by Gasteiger charge is 1.97. The predicted octanol–water partition coefficient (Wildman–Crippen LogP) is 0.962. The molecule has 0 aliphatic heterocycles. The van der Waals surface area contributed by atoms with Crippen molar-refractivity contribution in [3.8, 4) is 0 Å². The molecule has 0 aliphatic carbocycles. The minimum Gasteiger partial charge on any atom is -0.397 e. The van der Waals surface area contributed by atoms with E-state index in [1.165, 1.54) is 0 Å². The van der Waals surface area contributed by atoms with E-state index in [9.17, 15) is 0 Å². The van der Waals surface area contributed by atoms with Gasteiger partial charge in [0.1, 0.15) is 5.82 Å². The number of nitrogens with two attached hydrogens (primary N) is 1. The Morgan fingerprint density at radius 3 is 2.82 bits per heavy atom. The monoisotopic (exact) mass is 238 g/mol. The molecule has 0 saturated heterocycles. The zero-order valence-electron chi connectivity index (χ0n) is 10.9. The largest absolute Gasteiger partial charge is 0.397 e. The first kappa shape index (κ1) is 13.7. The van der Waals surface area contributed by atoms with Crippen LogP contribution in [0.2, 0.25) is 0 Å². The summed E-state index contributed by atoms with van der Waals surface area (Å²) in [4.78, 5) is 6.28. The third-order valence-electron chi connectivity index (χ3n) is 2.39. The van der Waals surface area contributed by atoms with Crippen molar-refractivity contribution in [3.05, 3.63) is 17.8 Å². The van der Waals surface area contributed by atoms with Gasteiger partial charge in [0.05, 0.1) is 25.1 Å². The molecule has 0 fully saturated rings. The molecule has 0 aromatic carbocycles. The number of anilines is 2. The summed E-state index contributed by atoms with van der Waals surface area (Å²) in [6.45, 7) is 5.10. The van der Waals surface area contributed by atoms with Crippen LogP contribution in [0.3, 0.4) is 0 Å². The highest BCUT2D eigenvalue weighted by atomic mass is 16.5. The quantitative estimate of drug-likeness (QED) is 0.693. The van der Waals surface area contributed by atoms with Crippen molar-refractivity contribution < 1.29 is 4.74 Å². The Bertz CT molecular complexity index is 341. The minimum absolute atomic E-state index is 0.680. The van der Waals surface area contributed by atoms with E-state index >= 15 is 0 Å². The number of aryl methyl sites for hydroxylation is 1. The number of aromatic nitrogens is 1. The first-order chi connectivity index (χ1) is 8.09. The van der Waals surface area contributed by atoms with Gasteiger partial charge in [0.15, 0.2) is 0 Å². The van der Waals surface area contributed by atoms with Gasteiger partial charge in [-0.1, -0.05) is 0 Å². The van der Waals surface area contributed by atoms with E-state index in [2.05, 4.69) is 15.2 Å². The van der Waals surface area contributed by atoms with Crippen molar-refractivity contribution in [1.29, 1.82) is 0 Å². The van der Waals surface area contributed by atoms with Gasteiger partial charge in [0, 0.05) is 13.1 Å². The van der Waals surface area contributed by atoms with E-state index in [1.54, 1.807) is 6.20 Å². The molecule has 1 rings (SSSR count). The van der Waals surface area contributed by atoms with Crippen LogP contribution in [0.1, 0.15) is 5.56 Å². The molecule has 0 atom stereocenters. The number of pyridine rings is 1. The van der Waals surface area contributed by atoms with Crippen LogP contribution in [0.25, 0.3) is 0 Å². The molecular formula is C12H22N4O. The number of likely N-dealkylation sites (N-methyl/N-ethyl adjacent to an activating group) is 1. The molecule has 1 heterocycles. The minimum atomic E-state index is 0.680. The average Bonchev–Trinajstić information content (AvgIpc) is 2.27. The number of hydrogen-bond donors (Lipinski definition) is 2. The highest BCUT2D eigenvalue weighted by molar-refractivity contribution is 5.50. The fourth-order valence-electron chi connectivity index (χ4n) is 1.26. The molecule has 0 spiro atoms. The average molecular weight is 238 g/mol. The van der Waals surface area contributed by atoms with Gasteiger partial charge in [-0.15, -0.1) is 0 Å². The topological polar surface area (TPSA) is 63.4 Å². The Kier molecular flexibility index (Phi) is 5.72. The maximum Gasteiger partial charge on any atom is 0.126 e. The summed E-state index contributed by atoms with van der Waals surface area (Å²) in [6.07, 6.45) is 1.67. The maximum absolute atomic E-state index is 5.69. The van der Waals surface area contributed by atoms with Gasteiger partial charge in [-0.05, 0) is 32.6 Å². The molecular weight excluding hydrogens is 216 g/mol. The Morgan fingerprint density at radius 1 is 1.41 bits per heavy atom. The van der Waals surface area contributed by atoms with Crippen LogP contribution in [0, 0.1) is 6.92 Å². The third kappa shape index (κ3) is 5.51. The maximum atomic E-state index is 5.69. The zero-order chi connectivity index (χ0) is 12.7. The molecule has 5 nitrogen and oxygen atoms in total. The molecule has 17 heavy (non-hydrogen) atoms. The normalized spacial score (nSPS) is 10.8. The van der Waals surface area contributed by atoms with E-state index in [4.69, 9.17) is 10.5 Å². The van der Waals surface area contributed by atoms with Gasteiger partial charge in [0.2, 0.25) is 0 Å². The van der Waals surface area contributed by atoms with Crippen molar-refractivity contribution >= 4 is 11.5 Å². The first-order valence-electron chi connectivity index (χ1n) is 5.78. The lowest BCUT2D eigenvalue weighted by Gasteiger charge is -2.11. The van der Waals surface area contributed by atoms with Crippen molar-refractivity contribution in [1.82, 2.24) is 9.88 Å². The Labute approximate surface area is 103 Å². The zero-order valence-corrected chi connectivity index (χ0v) is 10.9. The number of ether oxygens (including phenoxy) is 1. The summed E-state index contributed by atoms with van der Waals surface area (Å²) in [5.41, 5.74) is 7.45. The molecule has 0 radical (unpaired) electrons. The second kappa shape index (κ2) is 7.09. The van der Waals surface area contributed by atoms with Gasteiger partial charge in [0.25, 0.3) is 0 Å². The van der Waals surface area contributed by atoms with E-state index in [0.717, 1.165) is 36.8 Å². The van der Waals surface area contributed by atoms with E-state index in [0.29, 0.717) is 6.61 Å². The summed E-state index contributed by atoms with van der Waals surface area (Å²) >= 11 is 0. The highest BCUT2D eigenvalue weighted by Crippen LogP contribution is 2.12. The molecule has 0 bridgehead atoms. The van der Waals surface area contributed by atoms with Crippen molar-refractivity contribution in [2.75, 3.05) is 51.4 Å². The summed E-state index contributed by atoms with van der Waals surface area (Å²) in [6, 6.07) is 1.94. The van der Waals surface area contributed by atoms with Gasteiger partial charge in [-0.25, -0.2) is 4.98 Å². The summed E-state index contributed by atoms with van der Waals surface area (Å²) in [5.74, 6) is 0.841. The van der Waals surface area contributed by atoms with Crippen LogP contribution in [0.4, 0.5) is 11.5 Å². The van der Waals surface area contributed by atoms with Gasteiger partial charge in [-0.3, -0.25) is 0 Å². The molecule has 0 aliphatic rings. The van der Waals surface area contributed by atoms with E-state index in [-0.39, 0.29) is 0 Å². The van der Waals surface area contributed by atoms with Gasteiger partial charge < -0.3 is 20.7 Å². The van der Waals surface area contributed by atoms with Crippen molar-refractivity contribution in [2.45, 2.75) is 6.92 Å². The lowest BCUT2D eigenvalue weighted by Crippen LogP contribution is -2.20. The van der Waals surface area contributed by atoms with Gasteiger partial charge >= 0.3 is 0 Å². The van der Waals surface area contributed by atoms with Crippen LogP contribution in [-0.4, -0.2) is 50.3 Å². The van der Waals surface area contributed by atoms with E-state index < -0.39 is 0 Å². The second-order valence-corrected chi connectivity index (χ2v) is 4.27. The summed E-state index contributed by atoms with van der Waals surface area (Å²) in [5, 5.41) is 3.20. The molecule has 96 valence electrons. The molecule has 0 unspecified atom stereocenters. The third-order valence-corrected chi connectivity index (χ3v) is 2.39. The molecule has 5 heteroatoms. The molecule has 3 N–H and O–H groups in total. The Hall–Kier alpha value is -1.33. The molecule has 1 aromatic heterocycles. The Morgan fingerprint density at radius 2 is 2.18 bits per heavy atom. The van der Waals surface area contributed by atoms with Crippen LogP contribution >= 0.6 is 0 Å². The van der Waals surface area contributed by atoms with Crippen LogP contribution in [-0.2, 0) is 4.74 Å². The van der Waals surface area contributed by atoms with E-state index in [1.807, 2.05) is 27.1 Å². The fourth-order valence-corrected chi connectivity index (χ4v) is 1.26. The van der Waals surface area contributed by atoms with Gasteiger partial charge in [-0.2, -0.15) is 0 Å². The molecule has 0 saturated carbocycles. The number of rotatable bonds is 7. The fraction of sp³-hybridized carbons (Fsp3) is 0.583. The molecule has 0 amide bonds. The smallest absolute Gasteiger partial charge is 0.126 e. The number of nitrogen functional groups attached to an aromatic ring is 1. The SMILES string of the molecule is Cc1cc(NCCOCCN(C)C)ncc1N. The Balaban J connectivity index is 2.16. The number of hydrogen-bond acceptors (Lipinski definition) is 5. The molecule has 1 aromatic rings. The summed E-state index contributed by atoms with van der Waals surface area (Å²) in [7, 11) is 4.06. The van der Waals surface area contributed by atoms with Crippen LogP contribution < -0.4 is 11.1 Å². The van der Waals surface area contributed by atoms with Crippen LogP contribution in [0.15, 0.2) is 12.3 Å². The lowest BCUT2D eigenvalue weighted by molar-refractivity contribution is 0.126. The van der Waals surface area contributed by atoms with Crippen molar-refractivity contribution in [2.24, 2.45) is 0 Å². The summed E-state index contributed by atoms with van der Waals surface area (Å²) < 4.78 is 5.46. The van der Waals surface area contributed by atoms with Crippen molar-refractivity contribution in [3.63, 3.8) is 0 Å². The number of nitrogens with zero attached hydrogens (tertiary/aromatic N) is 2. The number of nitrogens with one attached hydrogen (secondary N) is 1. The van der Waals surface area contributed by atoms with Crippen LogP contribution in [0.5, 0.6) is 0 Å². The standard InChI is InChI=1S/C12H22N4O/c1-10-8-12(15-9-11(10)13)14-4-6-17-7-5-16(2)3/h8-9H,4-7,13H2,1-3H3,(H,14,15). The lowest BCUT2D eigenvalue weighted by atomic mass is 10.2. The second-order valence-electron chi connectivity index (χ2n) is 4.27. The predicted molar refractivity (Wildman–Crippen MR) is 71.2 cm³/mol.